The van der Waals surface area contributed by atoms with E-state index in [2.05, 4.69) is 40.1 Å². The van der Waals surface area contributed by atoms with Crippen LogP contribution in [0.15, 0.2) is 30.3 Å². The minimum absolute atomic E-state index is 0.0793. The fourth-order valence-corrected chi connectivity index (χ4v) is 6.77. The third-order valence-electron chi connectivity index (χ3n) is 7.71. The normalized spacial score (nSPS) is 37.2. The Bertz CT molecular complexity index is 612. The highest BCUT2D eigenvalue weighted by molar-refractivity contribution is 5.87. The molecule has 140 valence electrons. The Morgan fingerprint density at radius 3 is 1.96 bits per heavy atom. The van der Waals surface area contributed by atoms with Crippen molar-refractivity contribution in [2.75, 3.05) is 32.7 Å². The summed E-state index contributed by atoms with van der Waals surface area (Å²) in [6, 6.07) is 10.7. The molecule has 4 bridgehead atoms. The van der Waals surface area contributed by atoms with Crippen LogP contribution in [0.1, 0.15) is 44.1 Å². The van der Waals surface area contributed by atoms with E-state index in [1.54, 1.807) is 0 Å². The van der Waals surface area contributed by atoms with Crippen molar-refractivity contribution in [3.8, 4) is 0 Å². The van der Waals surface area contributed by atoms with Gasteiger partial charge in [-0.1, -0.05) is 30.3 Å². The molecule has 3 nitrogen and oxygen atoms in total. The maximum Gasteiger partial charge on any atom is 0.152 e. The Morgan fingerprint density at radius 2 is 1.38 bits per heavy atom. The van der Waals surface area contributed by atoms with E-state index >= 15 is 0 Å². The van der Waals surface area contributed by atoms with Gasteiger partial charge in [-0.25, -0.2) is 0 Å². The zero-order chi connectivity index (χ0) is 17.6. The maximum absolute atomic E-state index is 13.3. The molecule has 0 amide bonds. The van der Waals surface area contributed by atoms with Crippen molar-refractivity contribution in [3.63, 3.8) is 0 Å². The minimum Gasteiger partial charge on any atom is -0.298 e. The Morgan fingerprint density at radius 1 is 0.846 bits per heavy atom. The third kappa shape index (κ3) is 3.25. The Balaban J connectivity index is 1.15. The van der Waals surface area contributed by atoms with Crippen LogP contribution < -0.4 is 0 Å². The molecule has 5 aliphatic rings. The fourth-order valence-electron chi connectivity index (χ4n) is 6.77. The summed E-state index contributed by atoms with van der Waals surface area (Å²) < 4.78 is 0. The number of nitrogens with zero attached hydrogens (tertiary/aromatic N) is 2. The molecule has 1 aromatic rings. The van der Waals surface area contributed by atoms with Crippen molar-refractivity contribution in [2.45, 2.75) is 45.1 Å². The predicted molar refractivity (Wildman–Crippen MR) is 104 cm³/mol. The molecular formula is C23H32N2O. The number of hydrogen-bond acceptors (Lipinski definition) is 3. The van der Waals surface area contributed by atoms with E-state index in [-0.39, 0.29) is 5.41 Å². The standard InChI is InChI=1S/C23H32N2O/c26-22(23-13-19-10-20(14-23)12-21(11-19)15-23)17-25-8-6-24(7-9-25)16-18-4-2-1-3-5-18/h1-5,19-21H,6-17H2. The van der Waals surface area contributed by atoms with Crippen LogP contribution in [0.3, 0.4) is 0 Å². The zero-order valence-electron chi connectivity index (χ0n) is 15.9. The number of piperazine rings is 1. The average Bonchev–Trinajstić information content (AvgIpc) is 2.63. The lowest BCUT2D eigenvalue weighted by Gasteiger charge is -2.56. The van der Waals surface area contributed by atoms with Crippen molar-refractivity contribution in [1.29, 1.82) is 0 Å². The van der Waals surface area contributed by atoms with E-state index in [4.69, 9.17) is 0 Å². The summed E-state index contributed by atoms with van der Waals surface area (Å²) in [5.41, 5.74) is 1.47. The average molecular weight is 353 g/mol. The van der Waals surface area contributed by atoms with E-state index in [1.165, 1.54) is 44.1 Å². The molecule has 1 heterocycles. The third-order valence-corrected chi connectivity index (χ3v) is 7.71. The zero-order valence-corrected chi connectivity index (χ0v) is 15.9. The maximum atomic E-state index is 13.3. The highest BCUT2D eigenvalue weighted by atomic mass is 16.1. The van der Waals surface area contributed by atoms with Crippen LogP contribution in [-0.2, 0) is 11.3 Å². The van der Waals surface area contributed by atoms with Crippen LogP contribution in [-0.4, -0.2) is 48.3 Å². The second-order valence-electron chi connectivity index (χ2n) is 9.66. The van der Waals surface area contributed by atoms with Gasteiger partial charge in [-0.05, 0) is 61.8 Å². The summed E-state index contributed by atoms with van der Waals surface area (Å²) >= 11 is 0. The molecule has 0 atom stereocenters. The largest absolute Gasteiger partial charge is 0.298 e. The Hall–Kier alpha value is -1.19. The van der Waals surface area contributed by atoms with E-state index < -0.39 is 0 Å². The first-order valence-corrected chi connectivity index (χ1v) is 10.7. The molecule has 0 N–H and O–H groups in total. The molecule has 0 spiro atoms. The van der Waals surface area contributed by atoms with E-state index in [0.29, 0.717) is 12.3 Å². The Kier molecular flexibility index (Phi) is 4.41. The van der Waals surface area contributed by atoms with Crippen LogP contribution in [0.4, 0.5) is 0 Å². The quantitative estimate of drug-likeness (QED) is 0.809. The molecule has 1 aromatic carbocycles. The molecule has 26 heavy (non-hydrogen) atoms. The second kappa shape index (κ2) is 6.76. The topological polar surface area (TPSA) is 23.6 Å². The number of carbonyl (C=O) groups is 1. The number of benzene rings is 1. The summed E-state index contributed by atoms with van der Waals surface area (Å²) in [6.45, 7) is 6.02. The van der Waals surface area contributed by atoms with Crippen LogP contribution in [0, 0.1) is 23.2 Å². The molecule has 4 saturated carbocycles. The molecule has 0 aromatic heterocycles. The first-order valence-electron chi connectivity index (χ1n) is 10.7. The molecule has 6 rings (SSSR count). The first kappa shape index (κ1) is 16.9. The van der Waals surface area contributed by atoms with Gasteiger partial charge in [-0.2, -0.15) is 0 Å². The highest BCUT2D eigenvalue weighted by Gasteiger charge is 2.54. The smallest absolute Gasteiger partial charge is 0.152 e. The van der Waals surface area contributed by atoms with E-state index in [9.17, 15) is 4.79 Å². The van der Waals surface area contributed by atoms with Crippen molar-refractivity contribution in [1.82, 2.24) is 9.80 Å². The molecule has 4 aliphatic carbocycles. The van der Waals surface area contributed by atoms with Crippen LogP contribution in [0.25, 0.3) is 0 Å². The summed E-state index contributed by atoms with van der Waals surface area (Å²) in [4.78, 5) is 18.2. The van der Waals surface area contributed by atoms with Crippen molar-refractivity contribution >= 4 is 5.78 Å². The number of carbonyl (C=O) groups excluding carboxylic acids is 1. The van der Waals surface area contributed by atoms with Gasteiger partial charge in [0.2, 0.25) is 0 Å². The molecule has 0 unspecified atom stereocenters. The van der Waals surface area contributed by atoms with Gasteiger partial charge in [-0.3, -0.25) is 14.6 Å². The monoisotopic (exact) mass is 352 g/mol. The number of hydrogen-bond donors (Lipinski definition) is 0. The van der Waals surface area contributed by atoms with Gasteiger partial charge < -0.3 is 0 Å². The molecule has 5 fully saturated rings. The molecule has 3 heteroatoms. The van der Waals surface area contributed by atoms with Crippen molar-refractivity contribution < 1.29 is 4.79 Å². The van der Waals surface area contributed by atoms with E-state index in [1.807, 2.05) is 0 Å². The molecular weight excluding hydrogens is 320 g/mol. The van der Waals surface area contributed by atoms with Crippen molar-refractivity contribution in [3.05, 3.63) is 35.9 Å². The summed E-state index contributed by atoms with van der Waals surface area (Å²) in [5, 5.41) is 0. The number of rotatable bonds is 5. The van der Waals surface area contributed by atoms with Crippen LogP contribution in [0.5, 0.6) is 0 Å². The summed E-state index contributed by atoms with van der Waals surface area (Å²) in [7, 11) is 0. The van der Waals surface area contributed by atoms with Crippen LogP contribution >= 0.6 is 0 Å². The molecule has 1 aliphatic heterocycles. The minimum atomic E-state index is 0.0793. The molecule has 1 saturated heterocycles. The second-order valence-corrected chi connectivity index (χ2v) is 9.66. The lowest BCUT2D eigenvalue weighted by atomic mass is 9.48. The van der Waals surface area contributed by atoms with Gasteiger partial charge in [0, 0.05) is 38.1 Å². The van der Waals surface area contributed by atoms with Gasteiger partial charge in [0.15, 0.2) is 5.78 Å². The van der Waals surface area contributed by atoms with Gasteiger partial charge in [-0.15, -0.1) is 0 Å². The number of Topliss-reactive ketones (excluding diaryl/α,β-unsaturated/α-hetero) is 1. The van der Waals surface area contributed by atoms with Crippen LogP contribution in [0.2, 0.25) is 0 Å². The molecule has 0 radical (unpaired) electrons. The SMILES string of the molecule is O=C(CN1CCN(Cc2ccccc2)CC1)C12CC3CC(CC(C3)C1)C2. The van der Waals surface area contributed by atoms with Gasteiger partial charge in [0.05, 0.1) is 6.54 Å². The van der Waals surface area contributed by atoms with Gasteiger partial charge in [0.1, 0.15) is 0 Å². The van der Waals surface area contributed by atoms with Gasteiger partial charge in [0.25, 0.3) is 0 Å². The summed E-state index contributed by atoms with van der Waals surface area (Å²) in [5.74, 6) is 3.20. The van der Waals surface area contributed by atoms with E-state index in [0.717, 1.165) is 50.5 Å². The highest BCUT2D eigenvalue weighted by Crippen LogP contribution is 2.60. The fraction of sp³-hybridized carbons (Fsp3) is 0.696. The van der Waals surface area contributed by atoms with Gasteiger partial charge >= 0.3 is 0 Å². The Labute approximate surface area is 157 Å². The lowest BCUT2D eigenvalue weighted by Crippen LogP contribution is -2.54. The first-order chi connectivity index (χ1) is 12.7. The number of ketones is 1. The lowest BCUT2D eigenvalue weighted by molar-refractivity contribution is -0.145. The summed E-state index contributed by atoms with van der Waals surface area (Å²) in [6.07, 6.45) is 7.91. The van der Waals surface area contributed by atoms with Crippen molar-refractivity contribution in [2.24, 2.45) is 23.2 Å². The predicted octanol–water partition coefficient (Wildman–Crippen LogP) is 3.59.